The van der Waals surface area contributed by atoms with Crippen LogP contribution in [0.15, 0.2) is 47.6 Å². The second-order valence-corrected chi connectivity index (χ2v) is 9.76. The van der Waals surface area contributed by atoms with Crippen LogP contribution in [-0.2, 0) is 11.3 Å². The standard InChI is InChI=1S/C25H30FN5OS/c1-17(2)15-31-24(20-8-4-5-9-21(20)26)28-29-25(31)33-16-23(32)27-22-11-10-19(14-18(22)3)30-12-6-7-13-30/h4-5,8-11,14,17H,6-7,12-13,15-16H2,1-3H3,(H,27,32). The first-order chi connectivity index (χ1) is 15.9. The van der Waals surface area contributed by atoms with Crippen LogP contribution in [0.2, 0.25) is 0 Å². The van der Waals surface area contributed by atoms with Crippen LogP contribution in [0, 0.1) is 18.7 Å². The summed E-state index contributed by atoms with van der Waals surface area (Å²) in [6.45, 7) is 9.00. The monoisotopic (exact) mass is 467 g/mol. The first kappa shape index (κ1) is 23.3. The number of hydrogen-bond donors (Lipinski definition) is 1. The Kier molecular flexibility index (Phi) is 7.33. The number of nitrogens with zero attached hydrogens (tertiary/aromatic N) is 4. The van der Waals surface area contributed by atoms with Crippen molar-refractivity contribution in [2.45, 2.75) is 45.3 Å². The molecule has 6 nitrogen and oxygen atoms in total. The lowest BCUT2D eigenvalue weighted by atomic mass is 10.1. The number of aryl methyl sites for hydroxylation is 1. The molecule has 174 valence electrons. The number of halogens is 1. The van der Waals surface area contributed by atoms with Gasteiger partial charge < -0.3 is 14.8 Å². The zero-order valence-electron chi connectivity index (χ0n) is 19.3. The summed E-state index contributed by atoms with van der Waals surface area (Å²) in [5, 5.41) is 12.1. The van der Waals surface area contributed by atoms with Crippen molar-refractivity contribution in [3.8, 4) is 11.4 Å². The minimum Gasteiger partial charge on any atom is -0.372 e. The first-order valence-corrected chi connectivity index (χ1v) is 12.4. The lowest BCUT2D eigenvalue weighted by Gasteiger charge is -2.19. The summed E-state index contributed by atoms with van der Waals surface area (Å²) in [6.07, 6.45) is 2.46. The average Bonchev–Trinajstić information content (AvgIpc) is 3.44. The van der Waals surface area contributed by atoms with E-state index in [2.05, 4.69) is 46.4 Å². The summed E-state index contributed by atoms with van der Waals surface area (Å²) in [4.78, 5) is 15.1. The van der Waals surface area contributed by atoms with Crippen molar-refractivity contribution >= 4 is 29.0 Å². The van der Waals surface area contributed by atoms with Gasteiger partial charge in [0, 0.05) is 31.0 Å². The van der Waals surface area contributed by atoms with Crippen LogP contribution >= 0.6 is 11.8 Å². The van der Waals surface area contributed by atoms with Gasteiger partial charge in [0.2, 0.25) is 5.91 Å². The smallest absolute Gasteiger partial charge is 0.234 e. The number of anilines is 2. The Bertz CT molecular complexity index is 1120. The van der Waals surface area contributed by atoms with Crippen molar-refractivity contribution in [1.29, 1.82) is 0 Å². The average molecular weight is 468 g/mol. The number of carbonyl (C=O) groups is 1. The van der Waals surface area contributed by atoms with Gasteiger partial charge in [-0.1, -0.05) is 37.7 Å². The van der Waals surface area contributed by atoms with Gasteiger partial charge in [0.15, 0.2) is 11.0 Å². The van der Waals surface area contributed by atoms with E-state index >= 15 is 0 Å². The highest BCUT2D eigenvalue weighted by Gasteiger charge is 2.19. The molecule has 1 amide bonds. The van der Waals surface area contributed by atoms with Crippen molar-refractivity contribution in [2.24, 2.45) is 5.92 Å². The number of carbonyl (C=O) groups excluding carboxylic acids is 1. The van der Waals surface area contributed by atoms with E-state index in [9.17, 15) is 9.18 Å². The third kappa shape index (κ3) is 5.55. The maximum absolute atomic E-state index is 14.4. The molecular formula is C25H30FN5OS. The molecule has 2 heterocycles. The number of nitrogens with one attached hydrogen (secondary N) is 1. The molecule has 0 unspecified atom stereocenters. The molecule has 0 spiro atoms. The number of hydrogen-bond acceptors (Lipinski definition) is 5. The van der Waals surface area contributed by atoms with E-state index in [1.54, 1.807) is 18.2 Å². The third-order valence-electron chi connectivity index (χ3n) is 5.67. The van der Waals surface area contributed by atoms with Gasteiger partial charge in [-0.15, -0.1) is 10.2 Å². The summed E-state index contributed by atoms with van der Waals surface area (Å²) in [5.41, 5.74) is 3.48. The second-order valence-electron chi connectivity index (χ2n) is 8.82. The normalized spacial score (nSPS) is 13.7. The molecule has 1 aliphatic rings. The van der Waals surface area contributed by atoms with Crippen LogP contribution in [0.4, 0.5) is 15.8 Å². The van der Waals surface area contributed by atoms with Crippen molar-refractivity contribution in [3.63, 3.8) is 0 Å². The highest BCUT2D eigenvalue weighted by molar-refractivity contribution is 7.99. The minimum atomic E-state index is -0.336. The number of aromatic nitrogens is 3. The maximum Gasteiger partial charge on any atom is 0.234 e. The number of amides is 1. The first-order valence-electron chi connectivity index (χ1n) is 11.4. The van der Waals surface area contributed by atoms with Gasteiger partial charge in [-0.05, 0) is 61.6 Å². The fourth-order valence-electron chi connectivity index (χ4n) is 4.04. The quantitative estimate of drug-likeness (QED) is 0.451. The molecular weight excluding hydrogens is 437 g/mol. The maximum atomic E-state index is 14.4. The Morgan fingerprint density at radius 1 is 1.15 bits per heavy atom. The van der Waals surface area contributed by atoms with Gasteiger partial charge in [0.25, 0.3) is 0 Å². The van der Waals surface area contributed by atoms with Gasteiger partial charge in [-0.25, -0.2) is 4.39 Å². The van der Waals surface area contributed by atoms with E-state index in [-0.39, 0.29) is 17.5 Å². The molecule has 1 aliphatic heterocycles. The lowest BCUT2D eigenvalue weighted by molar-refractivity contribution is -0.113. The molecule has 2 aromatic carbocycles. The third-order valence-corrected chi connectivity index (χ3v) is 6.63. The summed E-state index contributed by atoms with van der Waals surface area (Å²) in [5.74, 6) is 0.552. The minimum absolute atomic E-state index is 0.108. The van der Waals surface area contributed by atoms with E-state index < -0.39 is 0 Å². The summed E-state index contributed by atoms with van der Waals surface area (Å²) in [6, 6.07) is 12.7. The van der Waals surface area contributed by atoms with Crippen molar-refractivity contribution in [2.75, 3.05) is 29.1 Å². The largest absolute Gasteiger partial charge is 0.372 e. The number of benzene rings is 2. The molecule has 0 saturated carbocycles. The molecule has 33 heavy (non-hydrogen) atoms. The molecule has 1 N–H and O–H groups in total. The number of rotatable bonds is 8. The Balaban J connectivity index is 1.44. The van der Waals surface area contributed by atoms with Crippen molar-refractivity contribution < 1.29 is 9.18 Å². The second kappa shape index (κ2) is 10.4. The molecule has 3 aromatic rings. The van der Waals surface area contributed by atoms with Gasteiger partial charge in [-0.2, -0.15) is 0 Å². The number of thioether (sulfide) groups is 1. The molecule has 8 heteroatoms. The molecule has 1 fully saturated rings. The SMILES string of the molecule is Cc1cc(N2CCCC2)ccc1NC(=O)CSc1nnc(-c2ccccc2F)n1CC(C)C. The fourth-order valence-corrected chi connectivity index (χ4v) is 4.79. The zero-order valence-corrected chi connectivity index (χ0v) is 20.2. The van der Waals surface area contributed by atoms with Crippen LogP contribution in [0.3, 0.4) is 0 Å². The fraction of sp³-hybridized carbons (Fsp3) is 0.400. The topological polar surface area (TPSA) is 63.1 Å². The molecule has 0 atom stereocenters. The molecule has 0 aliphatic carbocycles. The van der Waals surface area contributed by atoms with Crippen LogP contribution in [0.5, 0.6) is 0 Å². The van der Waals surface area contributed by atoms with Crippen molar-refractivity contribution in [1.82, 2.24) is 14.8 Å². The molecule has 0 bridgehead atoms. The van der Waals surface area contributed by atoms with E-state index in [4.69, 9.17) is 0 Å². The van der Waals surface area contributed by atoms with Crippen LogP contribution < -0.4 is 10.2 Å². The summed E-state index contributed by atoms with van der Waals surface area (Å²) in [7, 11) is 0. The Morgan fingerprint density at radius 3 is 2.61 bits per heavy atom. The van der Waals surface area contributed by atoms with E-state index in [1.807, 2.05) is 17.6 Å². The highest BCUT2D eigenvalue weighted by Crippen LogP contribution is 2.28. The van der Waals surface area contributed by atoms with Crippen LogP contribution in [0.25, 0.3) is 11.4 Å². The Labute approximate surface area is 198 Å². The lowest BCUT2D eigenvalue weighted by Crippen LogP contribution is -2.19. The van der Waals surface area contributed by atoms with E-state index in [0.717, 1.165) is 24.3 Å². The predicted octanol–water partition coefficient (Wildman–Crippen LogP) is 5.38. The zero-order chi connectivity index (χ0) is 23.4. The van der Waals surface area contributed by atoms with Gasteiger partial charge in [0.1, 0.15) is 5.82 Å². The highest BCUT2D eigenvalue weighted by atomic mass is 32.2. The van der Waals surface area contributed by atoms with Gasteiger partial charge >= 0.3 is 0 Å². The molecule has 4 rings (SSSR count). The molecule has 1 aromatic heterocycles. The molecule has 0 radical (unpaired) electrons. The molecule has 1 saturated heterocycles. The van der Waals surface area contributed by atoms with E-state index in [0.29, 0.717) is 29.0 Å². The van der Waals surface area contributed by atoms with Gasteiger partial charge in [0.05, 0.1) is 11.3 Å². The predicted molar refractivity (Wildman–Crippen MR) is 132 cm³/mol. The van der Waals surface area contributed by atoms with Crippen LogP contribution in [0.1, 0.15) is 32.3 Å². The van der Waals surface area contributed by atoms with Crippen LogP contribution in [-0.4, -0.2) is 39.5 Å². The summed E-state index contributed by atoms with van der Waals surface area (Å²) < 4.78 is 16.3. The van der Waals surface area contributed by atoms with Gasteiger partial charge in [-0.3, -0.25) is 4.79 Å². The summed E-state index contributed by atoms with van der Waals surface area (Å²) >= 11 is 1.31. The van der Waals surface area contributed by atoms with E-state index in [1.165, 1.54) is 36.4 Å². The van der Waals surface area contributed by atoms with Crippen molar-refractivity contribution in [3.05, 3.63) is 53.8 Å². The Morgan fingerprint density at radius 2 is 1.91 bits per heavy atom. The Hall–Kier alpha value is -2.87.